The van der Waals surface area contributed by atoms with E-state index < -0.39 is 0 Å². The Kier molecular flexibility index (Phi) is 5.46. The molecule has 104 valence electrons. The van der Waals surface area contributed by atoms with Gasteiger partial charge in [0.25, 0.3) is 0 Å². The van der Waals surface area contributed by atoms with E-state index in [0.29, 0.717) is 38.0 Å². The summed E-state index contributed by atoms with van der Waals surface area (Å²) in [5.74, 6) is 1.15. The summed E-state index contributed by atoms with van der Waals surface area (Å²) in [5.41, 5.74) is 0.964. The Morgan fingerprint density at radius 3 is 3.05 bits per heavy atom. The molecule has 0 saturated carbocycles. The Hall–Kier alpha value is -1.28. The lowest BCUT2D eigenvalue weighted by Gasteiger charge is -2.18. The normalized spacial score (nSPS) is 11.3. The highest BCUT2D eigenvalue weighted by molar-refractivity contribution is 7.08. The minimum absolute atomic E-state index is 0.0925. The van der Waals surface area contributed by atoms with Crippen molar-refractivity contribution in [3.63, 3.8) is 0 Å². The molecule has 0 amide bonds. The number of aliphatic hydroxyl groups excluding tert-OH is 1. The summed E-state index contributed by atoms with van der Waals surface area (Å²) < 4.78 is 10.3. The molecule has 2 aromatic rings. The maximum absolute atomic E-state index is 9.02. The molecule has 0 aromatic carbocycles. The molecular formula is C12H17N3O3S. The fraction of sp³-hybridized carbons (Fsp3) is 0.500. The van der Waals surface area contributed by atoms with Gasteiger partial charge in [-0.25, -0.2) is 0 Å². The molecule has 0 atom stereocenters. The van der Waals surface area contributed by atoms with Crippen molar-refractivity contribution in [2.45, 2.75) is 6.54 Å². The van der Waals surface area contributed by atoms with E-state index in [2.05, 4.69) is 10.1 Å². The van der Waals surface area contributed by atoms with Gasteiger partial charge in [-0.2, -0.15) is 16.3 Å². The molecule has 0 unspecified atom stereocenters. The second kappa shape index (κ2) is 7.34. The highest BCUT2D eigenvalue weighted by atomic mass is 32.1. The van der Waals surface area contributed by atoms with Crippen LogP contribution >= 0.6 is 11.3 Å². The number of methoxy groups -OCH3 is 1. The third kappa shape index (κ3) is 4.10. The van der Waals surface area contributed by atoms with Gasteiger partial charge >= 0.3 is 0 Å². The van der Waals surface area contributed by atoms with Crippen LogP contribution in [0.1, 0.15) is 5.89 Å². The molecule has 7 heteroatoms. The predicted molar refractivity (Wildman–Crippen MR) is 71.8 cm³/mol. The highest BCUT2D eigenvalue weighted by Crippen LogP contribution is 2.18. The molecule has 19 heavy (non-hydrogen) atoms. The van der Waals surface area contributed by atoms with Crippen LogP contribution in [0.4, 0.5) is 0 Å². The van der Waals surface area contributed by atoms with Crippen LogP contribution in [0, 0.1) is 0 Å². The van der Waals surface area contributed by atoms with Gasteiger partial charge < -0.3 is 14.4 Å². The average molecular weight is 283 g/mol. The second-order valence-electron chi connectivity index (χ2n) is 4.02. The van der Waals surface area contributed by atoms with Crippen molar-refractivity contribution in [3.8, 4) is 11.4 Å². The molecule has 0 aliphatic heterocycles. The summed E-state index contributed by atoms with van der Waals surface area (Å²) in [6.45, 7) is 2.48. The molecule has 0 fully saturated rings. The molecule has 0 bridgehead atoms. The molecule has 1 N–H and O–H groups in total. The van der Waals surface area contributed by atoms with E-state index >= 15 is 0 Å². The van der Waals surface area contributed by atoms with Gasteiger partial charge in [0.1, 0.15) is 0 Å². The van der Waals surface area contributed by atoms with E-state index in [1.54, 1.807) is 18.4 Å². The maximum atomic E-state index is 9.02. The Bertz CT molecular complexity index is 472. The van der Waals surface area contributed by atoms with Crippen LogP contribution < -0.4 is 0 Å². The molecule has 2 rings (SSSR count). The van der Waals surface area contributed by atoms with Crippen LogP contribution in [0.25, 0.3) is 11.4 Å². The predicted octanol–water partition coefficient (Wildman–Crippen LogP) is 1.24. The third-order valence-electron chi connectivity index (χ3n) is 2.63. The Morgan fingerprint density at radius 1 is 1.47 bits per heavy atom. The van der Waals surface area contributed by atoms with Gasteiger partial charge in [0.15, 0.2) is 0 Å². The number of hydrogen-bond acceptors (Lipinski definition) is 7. The second-order valence-corrected chi connectivity index (χ2v) is 4.80. The van der Waals surface area contributed by atoms with Crippen LogP contribution in [0.3, 0.4) is 0 Å². The number of hydrogen-bond donors (Lipinski definition) is 1. The third-order valence-corrected chi connectivity index (χ3v) is 3.32. The van der Waals surface area contributed by atoms with Crippen LogP contribution in [-0.2, 0) is 11.3 Å². The maximum Gasteiger partial charge on any atom is 0.241 e. The quantitative estimate of drug-likeness (QED) is 0.786. The highest BCUT2D eigenvalue weighted by Gasteiger charge is 2.12. The van der Waals surface area contributed by atoms with Crippen molar-refractivity contribution >= 4 is 11.3 Å². The Morgan fingerprint density at radius 2 is 2.37 bits per heavy atom. The molecule has 0 aliphatic carbocycles. The van der Waals surface area contributed by atoms with E-state index in [-0.39, 0.29) is 6.61 Å². The largest absolute Gasteiger partial charge is 0.395 e. The van der Waals surface area contributed by atoms with Crippen molar-refractivity contribution in [3.05, 3.63) is 22.7 Å². The lowest BCUT2D eigenvalue weighted by molar-refractivity contribution is 0.118. The zero-order chi connectivity index (χ0) is 13.5. The van der Waals surface area contributed by atoms with E-state index in [1.807, 2.05) is 21.7 Å². The minimum atomic E-state index is 0.0925. The van der Waals surface area contributed by atoms with Crippen molar-refractivity contribution in [1.82, 2.24) is 15.0 Å². The fourth-order valence-corrected chi connectivity index (χ4v) is 2.29. The van der Waals surface area contributed by atoms with Gasteiger partial charge in [-0.15, -0.1) is 0 Å². The number of ether oxygens (including phenoxy) is 1. The number of thiophene rings is 1. The number of rotatable bonds is 8. The van der Waals surface area contributed by atoms with Crippen LogP contribution in [0.15, 0.2) is 21.3 Å². The fourth-order valence-electron chi connectivity index (χ4n) is 1.65. The summed E-state index contributed by atoms with van der Waals surface area (Å²) in [5, 5.41) is 16.9. The summed E-state index contributed by atoms with van der Waals surface area (Å²) in [7, 11) is 1.65. The number of nitrogens with zero attached hydrogens (tertiary/aromatic N) is 3. The van der Waals surface area contributed by atoms with Crippen molar-refractivity contribution in [2.75, 3.05) is 33.4 Å². The summed E-state index contributed by atoms with van der Waals surface area (Å²) in [6.07, 6.45) is 0. The van der Waals surface area contributed by atoms with Gasteiger partial charge in [0.05, 0.1) is 19.8 Å². The standard InChI is InChI=1S/C12H17N3O3S/c1-17-6-4-15(3-5-16)8-11-13-12(14-18-11)10-2-7-19-9-10/h2,7,9,16H,3-6,8H2,1H3. The zero-order valence-corrected chi connectivity index (χ0v) is 11.6. The molecule has 2 aromatic heterocycles. The first-order valence-corrected chi connectivity index (χ1v) is 6.95. The smallest absolute Gasteiger partial charge is 0.241 e. The van der Waals surface area contributed by atoms with Crippen molar-refractivity contribution < 1.29 is 14.4 Å². The molecule has 0 saturated heterocycles. The van der Waals surface area contributed by atoms with Crippen LogP contribution in [0.2, 0.25) is 0 Å². The first kappa shape index (κ1) is 14.1. The number of aliphatic hydroxyl groups is 1. The van der Waals surface area contributed by atoms with Crippen LogP contribution in [0.5, 0.6) is 0 Å². The Labute approximate surface area is 115 Å². The van der Waals surface area contributed by atoms with Gasteiger partial charge in [-0.05, 0) is 11.4 Å². The van der Waals surface area contributed by atoms with E-state index in [0.717, 1.165) is 5.56 Å². The summed E-state index contributed by atoms with van der Waals surface area (Å²) >= 11 is 1.60. The zero-order valence-electron chi connectivity index (χ0n) is 10.8. The average Bonchev–Trinajstić information content (AvgIpc) is 3.06. The van der Waals surface area contributed by atoms with Crippen LogP contribution in [-0.4, -0.2) is 53.6 Å². The lowest BCUT2D eigenvalue weighted by Crippen LogP contribution is -2.29. The van der Waals surface area contributed by atoms with Gasteiger partial charge in [-0.1, -0.05) is 5.16 Å². The molecular weight excluding hydrogens is 266 g/mol. The van der Waals surface area contributed by atoms with Crippen molar-refractivity contribution in [2.24, 2.45) is 0 Å². The van der Waals surface area contributed by atoms with Gasteiger partial charge in [-0.3, -0.25) is 4.90 Å². The van der Waals surface area contributed by atoms with Gasteiger partial charge in [0.2, 0.25) is 11.7 Å². The molecule has 0 spiro atoms. The van der Waals surface area contributed by atoms with Gasteiger partial charge in [0, 0.05) is 31.1 Å². The Balaban J connectivity index is 1.97. The topological polar surface area (TPSA) is 71.6 Å². The monoisotopic (exact) mass is 283 g/mol. The molecule has 0 aliphatic rings. The molecule has 6 nitrogen and oxygen atoms in total. The molecule has 2 heterocycles. The number of aromatic nitrogens is 2. The SMILES string of the molecule is COCCN(CCO)Cc1nc(-c2ccsc2)no1. The van der Waals surface area contributed by atoms with Crippen molar-refractivity contribution in [1.29, 1.82) is 0 Å². The first-order chi connectivity index (χ1) is 9.33. The lowest BCUT2D eigenvalue weighted by atomic mass is 10.3. The first-order valence-electron chi connectivity index (χ1n) is 6.00. The summed E-state index contributed by atoms with van der Waals surface area (Å²) in [6, 6.07) is 1.95. The minimum Gasteiger partial charge on any atom is -0.395 e. The van der Waals surface area contributed by atoms with E-state index in [4.69, 9.17) is 14.4 Å². The summed E-state index contributed by atoms with van der Waals surface area (Å²) in [4.78, 5) is 6.36. The van der Waals surface area contributed by atoms with E-state index in [9.17, 15) is 0 Å². The van der Waals surface area contributed by atoms with E-state index in [1.165, 1.54) is 0 Å². The molecule has 0 radical (unpaired) electrons.